The molecule has 0 saturated heterocycles. The topological polar surface area (TPSA) is 38.7 Å². The summed E-state index contributed by atoms with van der Waals surface area (Å²) in [5.41, 5.74) is 0.313. The van der Waals surface area contributed by atoms with E-state index < -0.39 is 6.61 Å². The number of halogens is 3. The fraction of sp³-hybridized carbons (Fsp3) is 0.125. The van der Waals surface area contributed by atoms with Crippen molar-refractivity contribution < 1.29 is 18.3 Å². The van der Waals surface area contributed by atoms with Gasteiger partial charge in [-0.25, -0.2) is 4.79 Å². The van der Waals surface area contributed by atoms with Gasteiger partial charge in [-0.15, -0.1) is 0 Å². The van der Waals surface area contributed by atoms with E-state index in [1.54, 1.807) is 0 Å². The van der Waals surface area contributed by atoms with E-state index in [-0.39, 0.29) is 5.75 Å². The molecule has 0 aliphatic rings. The summed E-state index contributed by atoms with van der Waals surface area (Å²) in [4.78, 5) is 13.2. The molecule has 0 saturated carbocycles. The van der Waals surface area contributed by atoms with E-state index >= 15 is 0 Å². The number of hydrogen-bond donors (Lipinski definition) is 0. The summed E-state index contributed by atoms with van der Waals surface area (Å²) in [5, 5.41) is 0. The van der Waals surface area contributed by atoms with Crippen molar-refractivity contribution >= 4 is 27.7 Å². The van der Waals surface area contributed by atoms with Crippen molar-refractivity contribution in [2.45, 2.75) is 6.61 Å². The minimum absolute atomic E-state index is 0.00940. The van der Waals surface area contributed by atoms with Gasteiger partial charge >= 0.3 is 6.61 Å². The Kier molecular flexibility index (Phi) is 3.73. The first-order valence-electron chi connectivity index (χ1n) is 3.45. The third kappa shape index (κ3) is 2.90. The van der Waals surface area contributed by atoms with Crippen LogP contribution in [0.25, 0.3) is 0 Å². The number of aliphatic imine (C=N–C) groups is 1. The van der Waals surface area contributed by atoms with Gasteiger partial charge in [0.25, 0.3) is 0 Å². The predicted molar refractivity (Wildman–Crippen MR) is 48.6 cm³/mol. The van der Waals surface area contributed by atoms with Crippen LogP contribution in [0.5, 0.6) is 5.75 Å². The molecule has 0 amide bonds. The molecule has 1 aromatic carbocycles. The number of nitrogens with zero attached hydrogens (tertiary/aromatic N) is 1. The van der Waals surface area contributed by atoms with E-state index in [0.29, 0.717) is 10.2 Å². The van der Waals surface area contributed by atoms with Crippen LogP contribution >= 0.6 is 15.9 Å². The largest absolute Gasteiger partial charge is 0.434 e. The maximum atomic E-state index is 11.8. The summed E-state index contributed by atoms with van der Waals surface area (Å²) in [7, 11) is 0. The Hall–Kier alpha value is -1.26. The lowest BCUT2D eigenvalue weighted by Crippen LogP contribution is -2.02. The lowest BCUT2D eigenvalue weighted by Gasteiger charge is -2.06. The summed E-state index contributed by atoms with van der Waals surface area (Å²) in [6, 6.07) is 4.03. The van der Waals surface area contributed by atoms with Crippen LogP contribution < -0.4 is 4.74 Å². The van der Waals surface area contributed by atoms with E-state index in [1.807, 2.05) is 0 Å². The highest BCUT2D eigenvalue weighted by Crippen LogP contribution is 2.30. The average molecular weight is 264 g/mol. The van der Waals surface area contributed by atoms with Crippen LogP contribution in [0.1, 0.15) is 0 Å². The maximum absolute atomic E-state index is 11.8. The SMILES string of the molecule is O=C=Nc1ccc(OC(F)F)c(Br)c1. The first-order valence-corrected chi connectivity index (χ1v) is 4.25. The minimum atomic E-state index is -2.88. The molecule has 0 heterocycles. The molecule has 6 heteroatoms. The zero-order valence-corrected chi connectivity index (χ0v) is 8.29. The van der Waals surface area contributed by atoms with Gasteiger partial charge in [-0.05, 0) is 34.1 Å². The molecule has 0 N–H and O–H groups in total. The molecule has 0 bridgehead atoms. The number of benzene rings is 1. The first kappa shape index (κ1) is 10.8. The fourth-order valence-corrected chi connectivity index (χ4v) is 1.26. The summed E-state index contributed by atoms with van der Waals surface area (Å²) in [5.74, 6) is -0.00940. The van der Waals surface area contributed by atoms with E-state index in [2.05, 4.69) is 25.7 Å². The van der Waals surface area contributed by atoms with Crippen LogP contribution in [0.15, 0.2) is 27.7 Å². The molecule has 1 aromatic rings. The lowest BCUT2D eigenvalue weighted by atomic mass is 10.3. The van der Waals surface area contributed by atoms with E-state index in [0.717, 1.165) is 0 Å². The molecule has 0 unspecified atom stereocenters. The summed E-state index contributed by atoms with van der Waals surface area (Å²) in [6.45, 7) is -2.88. The molecule has 0 fully saturated rings. The highest BCUT2D eigenvalue weighted by molar-refractivity contribution is 9.10. The van der Waals surface area contributed by atoms with Crippen LogP contribution in [0.4, 0.5) is 14.5 Å². The van der Waals surface area contributed by atoms with E-state index in [9.17, 15) is 13.6 Å². The van der Waals surface area contributed by atoms with Crippen molar-refractivity contribution in [1.29, 1.82) is 0 Å². The second-order valence-corrected chi connectivity index (χ2v) is 3.05. The van der Waals surface area contributed by atoms with Crippen molar-refractivity contribution in [2.75, 3.05) is 0 Å². The Morgan fingerprint density at radius 3 is 2.71 bits per heavy atom. The molecule has 74 valence electrons. The fourth-order valence-electron chi connectivity index (χ4n) is 0.804. The number of hydrogen-bond acceptors (Lipinski definition) is 3. The molecule has 0 spiro atoms. The van der Waals surface area contributed by atoms with Gasteiger partial charge in [0.2, 0.25) is 6.08 Å². The van der Waals surface area contributed by atoms with Crippen molar-refractivity contribution in [2.24, 2.45) is 4.99 Å². The molecule has 1 rings (SSSR count). The zero-order valence-electron chi connectivity index (χ0n) is 6.71. The number of carbonyl (C=O) groups excluding carboxylic acids is 1. The van der Waals surface area contributed by atoms with Crippen LogP contribution in [-0.4, -0.2) is 12.7 Å². The van der Waals surface area contributed by atoms with Crippen LogP contribution in [0, 0.1) is 0 Å². The Balaban J connectivity index is 2.95. The monoisotopic (exact) mass is 263 g/mol. The molecule has 0 aromatic heterocycles. The highest BCUT2D eigenvalue weighted by Gasteiger charge is 2.08. The van der Waals surface area contributed by atoms with Gasteiger partial charge in [-0.2, -0.15) is 13.8 Å². The van der Waals surface area contributed by atoms with E-state index in [4.69, 9.17) is 0 Å². The highest BCUT2D eigenvalue weighted by atomic mass is 79.9. The molecular formula is C8H4BrF2NO2. The van der Waals surface area contributed by atoms with Gasteiger partial charge < -0.3 is 4.74 Å². The molecule has 0 radical (unpaired) electrons. The molecule has 3 nitrogen and oxygen atoms in total. The van der Waals surface area contributed by atoms with Crippen molar-refractivity contribution in [3.8, 4) is 5.75 Å². The van der Waals surface area contributed by atoms with Gasteiger partial charge in [0.15, 0.2) is 0 Å². The Morgan fingerprint density at radius 2 is 2.21 bits per heavy atom. The van der Waals surface area contributed by atoms with Crippen LogP contribution in [-0.2, 0) is 4.79 Å². The number of ether oxygens (including phenoxy) is 1. The molecular weight excluding hydrogens is 260 g/mol. The number of isocyanates is 1. The molecule has 0 atom stereocenters. The molecule has 0 aliphatic carbocycles. The van der Waals surface area contributed by atoms with Gasteiger partial charge in [0.05, 0.1) is 10.2 Å². The number of rotatable bonds is 3. The van der Waals surface area contributed by atoms with Gasteiger partial charge in [-0.3, -0.25) is 0 Å². The summed E-state index contributed by atoms with van der Waals surface area (Å²) in [6.07, 6.45) is 1.34. The van der Waals surface area contributed by atoms with E-state index in [1.165, 1.54) is 24.3 Å². The van der Waals surface area contributed by atoms with Crippen molar-refractivity contribution in [3.05, 3.63) is 22.7 Å². The third-order valence-electron chi connectivity index (χ3n) is 1.31. The smallest absolute Gasteiger partial charge is 0.387 e. The third-order valence-corrected chi connectivity index (χ3v) is 1.93. The van der Waals surface area contributed by atoms with Crippen LogP contribution in [0.2, 0.25) is 0 Å². The Labute approximate surface area is 86.5 Å². The average Bonchev–Trinajstić information content (AvgIpc) is 2.10. The second-order valence-electron chi connectivity index (χ2n) is 2.20. The van der Waals surface area contributed by atoms with Gasteiger partial charge in [0.1, 0.15) is 5.75 Å². The first-order chi connectivity index (χ1) is 6.63. The summed E-state index contributed by atoms with van der Waals surface area (Å²) >= 11 is 3.00. The van der Waals surface area contributed by atoms with Gasteiger partial charge in [0, 0.05) is 0 Å². The van der Waals surface area contributed by atoms with Crippen molar-refractivity contribution in [3.63, 3.8) is 0 Å². The summed E-state index contributed by atoms with van der Waals surface area (Å²) < 4.78 is 28.1. The minimum Gasteiger partial charge on any atom is -0.434 e. The Bertz CT molecular complexity index is 378. The second kappa shape index (κ2) is 4.83. The Morgan fingerprint density at radius 1 is 1.50 bits per heavy atom. The van der Waals surface area contributed by atoms with Crippen molar-refractivity contribution in [1.82, 2.24) is 0 Å². The molecule has 14 heavy (non-hydrogen) atoms. The normalized spacial score (nSPS) is 9.71. The lowest BCUT2D eigenvalue weighted by molar-refractivity contribution is -0.0503. The zero-order chi connectivity index (χ0) is 10.6. The number of alkyl halides is 2. The molecule has 0 aliphatic heterocycles. The standard InChI is InChI=1S/C8H4BrF2NO2/c9-6-3-5(12-4-13)1-2-7(6)14-8(10)11/h1-3,8H. The quantitative estimate of drug-likeness (QED) is 0.621. The predicted octanol–water partition coefficient (Wildman–Crippen LogP) is 3.02. The van der Waals surface area contributed by atoms with Gasteiger partial charge in [-0.1, -0.05) is 0 Å². The maximum Gasteiger partial charge on any atom is 0.387 e. The van der Waals surface area contributed by atoms with Crippen LogP contribution in [0.3, 0.4) is 0 Å².